The van der Waals surface area contributed by atoms with E-state index in [1.54, 1.807) is 0 Å². The lowest BCUT2D eigenvalue weighted by atomic mass is 9.86. The first-order valence-corrected chi connectivity index (χ1v) is 7.43. The van der Waals surface area contributed by atoms with Crippen molar-refractivity contribution in [1.29, 1.82) is 0 Å². The van der Waals surface area contributed by atoms with Crippen molar-refractivity contribution < 1.29 is 4.74 Å². The van der Waals surface area contributed by atoms with E-state index in [-0.39, 0.29) is 5.41 Å². The molecule has 1 nitrogen and oxygen atoms in total. The lowest BCUT2D eigenvalue weighted by Gasteiger charge is -2.20. The zero-order valence-electron chi connectivity index (χ0n) is 12.1. The molecule has 0 aromatic heterocycles. The van der Waals surface area contributed by atoms with E-state index in [2.05, 4.69) is 58.5 Å². The molecule has 0 aliphatic rings. The number of ether oxygens (including phenoxy) is 1. The third-order valence-corrected chi connectivity index (χ3v) is 3.42. The Morgan fingerprint density at radius 2 is 1.83 bits per heavy atom. The topological polar surface area (TPSA) is 9.23 Å². The van der Waals surface area contributed by atoms with Crippen LogP contribution in [0.5, 0.6) is 5.75 Å². The SMILES string of the molecule is Cc1cc(C(C)(C)C)ccc1OCCCCCS. The molecule has 0 unspecified atom stereocenters. The number of aryl methyl sites for hydroxylation is 1. The van der Waals surface area contributed by atoms with Gasteiger partial charge in [0.1, 0.15) is 5.75 Å². The summed E-state index contributed by atoms with van der Waals surface area (Å²) in [6, 6.07) is 6.52. The Morgan fingerprint density at radius 3 is 2.39 bits per heavy atom. The van der Waals surface area contributed by atoms with Gasteiger partial charge in [-0.25, -0.2) is 0 Å². The van der Waals surface area contributed by atoms with Gasteiger partial charge in [-0.15, -0.1) is 0 Å². The van der Waals surface area contributed by atoms with Crippen molar-refractivity contribution >= 4 is 12.6 Å². The summed E-state index contributed by atoms with van der Waals surface area (Å²) in [5.41, 5.74) is 2.80. The fourth-order valence-electron chi connectivity index (χ4n) is 1.85. The molecule has 0 N–H and O–H groups in total. The molecule has 0 saturated carbocycles. The Bertz CT molecular complexity index is 366. The molecule has 1 aromatic carbocycles. The van der Waals surface area contributed by atoms with Gasteiger partial charge in [-0.05, 0) is 54.5 Å². The highest BCUT2D eigenvalue weighted by molar-refractivity contribution is 7.80. The molecule has 0 amide bonds. The molecule has 102 valence electrons. The summed E-state index contributed by atoms with van der Waals surface area (Å²) in [6.45, 7) is 9.64. The Labute approximate surface area is 117 Å². The summed E-state index contributed by atoms with van der Waals surface area (Å²) in [4.78, 5) is 0. The third-order valence-electron chi connectivity index (χ3n) is 3.10. The smallest absolute Gasteiger partial charge is 0.122 e. The van der Waals surface area contributed by atoms with Crippen LogP contribution >= 0.6 is 12.6 Å². The third kappa shape index (κ3) is 4.93. The van der Waals surface area contributed by atoms with Gasteiger partial charge in [0, 0.05) is 0 Å². The molecule has 0 heterocycles. The van der Waals surface area contributed by atoms with Crippen molar-refractivity contribution in [3.8, 4) is 5.75 Å². The Balaban J connectivity index is 2.53. The lowest BCUT2D eigenvalue weighted by Crippen LogP contribution is -2.11. The number of hydrogen-bond donors (Lipinski definition) is 1. The summed E-state index contributed by atoms with van der Waals surface area (Å²) in [5, 5.41) is 0. The van der Waals surface area contributed by atoms with Crippen LogP contribution in [0.3, 0.4) is 0 Å². The average molecular weight is 266 g/mol. The molecule has 1 aromatic rings. The molecule has 0 saturated heterocycles. The van der Waals surface area contributed by atoms with Crippen LogP contribution in [0.25, 0.3) is 0 Å². The van der Waals surface area contributed by atoms with Crippen LogP contribution in [-0.4, -0.2) is 12.4 Å². The van der Waals surface area contributed by atoms with E-state index in [1.807, 2.05) is 0 Å². The first kappa shape index (κ1) is 15.4. The van der Waals surface area contributed by atoms with Crippen LogP contribution < -0.4 is 4.74 Å². The zero-order chi connectivity index (χ0) is 13.6. The van der Waals surface area contributed by atoms with Crippen LogP contribution in [0, 0.1) is 6.92 Å². The Morgan fingerprint density at radius 1 is 1.11 bits per heavy atom. The first-order valence-electron chi connectivity index (χ1n) is 6.80. The zero-order valence-corrected chi connectivity index (χ0v) is 13.0. The highest BCUT2D eigenvalue weighted by Crippen LogP contribution is 2.27. The van der Waals surface area contributed by atoms with E-state index < -0.39 is 0 Å². The van der Waals surface area contributed by atoms with Crippen LogP contribution in [0.2, 0.25) is 0 Å². The molecule has 0 aliphatic heterocycles. The number of rotatable bonds is 6. The standard InChI is InChI=1S/C16H26OS/c1-13-12-14(16(2,3)4)8-9-15(13)17-10-6-5-7-11-18/h8-9,12,18H,5-7,10-11H2,1-4H3. The van der Waals surface area contributed by atoms with Crippen molar-refractivity contribution in [2.45, 2.75) is 52.4 Å². The number of hydrogen-bond acceptors (Lipinski definition) is 2. The van der Waals surface area contributed by atoms with E-state index in [1.165, 1.54) is 24.0 Å². The predicted octanol–water partition coefficient (Wildman–Crippen LogP) is 4.77. The fraction of sp³-hybridized carbons (Fsp3) is 0.625. The molecule has 0 bridgehead atoms. The second-order valence-corrected chi connectivity index (χ2v) is 6.31. The van der Waals surface area contributed by atoms with E-state index in [0.29, 0.717) is 0 Å². The van der Waals surface area contributed by atoms with Crippen LogP contribution in [0.4, 0.5) is 0 Å². The minimum Gasteiger partial charge on any atom is -0.493 e. The molecule has 1 rings (SSSR count). The van der Waals surface area contributed by atoms with E-state index >= 15 is 0 Å². The number of thiol groups is 1. The summed E-state index contributed by atoms with van der Waals surface area (Å²) in [5.74, 6) is 1.99. The maximum atomic E-state index is 5.83. The van der Waals surface area contributed by atoms with E-state index in [4.69, 9.17) is 4.74 Å². The van der Waals surface area contributed by atoms with E-state index in [0.717, 1.165) is 24.5 Å². The predicted molar refractivity (Wildman–Crippen MR) is 83.1 cm³/mol. The van der Waals surface area contributed by atoms with Crippen molar-refractivity contribution in [3.63, 3.8) is 0 Å². The van der Waals surface area contributed by atoms with Crippen molar-refractivity contribution in [1.82, 2.24) is 0 Å². The molecular weight excluding hydrogens is 240 g/mol. The molecular formula is C16H26OS. The average Bonchev–Trinajstić information content (AvgIpc) is 2.29. The van der Waals surface area contributed by atoms with Crippen LogP contribution in [0.15, 0.2) is 18.2 Å². The van der Waals surface area contributed by atoms with Gasteiger partial charge in [-0.1, -0.05) is 32.9 Å². The quantitative estimate of drug-likeness (QED) is 0.576. The van der Waals surface area contributed by atoms with Gasteiger partial charge in [0.2, 0.25) is 0 Å². The van der Waals surface area contributed by atoms with Gasteiger partial charge < -0.3 is 4.74 Å². The molecule has 0 aliphatic carbocycles. The lowest BCUT2D eigenvalue weighted by molar-refractivity contribution is 0.304. The summed E-state index contributed by atoms with van der Waals surface area (Å²) < 4.78 is 5.83. The van der Waals surface area contributed by atoms with Crippen LogP contribution in [-0.2, 0) is 5.41 Å². The summed E-state index contributed by atoms with van der Waals surface area (Å²) in [7, 11) is 0. The van der Waals surface area contributed by atoms with Crippen molar-refractivity contribution in [2.75, 3.05) is 12.4 Å². The number of unbranched alkanes of at least 4 members (excludes halogenated alkanes) is 2. The van der Waals surface area contributed by atoms with Gasteiger partial charge in [0.25, 0.3) is 0 Å². The van der Waals surface area contributed by atoms with Crippen LogP contribution in [0.1, 0.15) is 51.2 Å². The van der Waals surface area contributed by atoms with Gasteiger partial charge >= 0.3 is 0 Å². The highest BCUT2D eigenvalue weighted by Gasteiger charge is 2.14. The fourth-order valence-corrected chi connectivity index (χ4v) is 2.07. The molecule has 0 atom stereocenters. The van der Waals surface area contributed by atoms with Gasteiger partial charge in [-0.3, -0.25) is 0 Å². The highest BCUT2D eigenvalue weighted by atomic mass is 32.1. The van der Waals surface area contributed by atoms with Crippen molar-refractivity contribution in [2.24, 2.45) is 0 Å². The minimum absolute atomic E-state index is 0.204. The molecule has 0 radical (unpaired) electrons. The Kier molecular flexibility index (Phi) is 6.07. The second kappa shape index (κ2) is 7.08. The normalized spacial score (nSPS) is 11.6. The van der Waals surface area contributed by atoms with Gasteiger partial charge in [0.15, 0.2) is 0 Å². The number of benzene rings is 1. The molecule has 2 heteroatoms. The second-order valence-electron chi connectivity index (χ2n) is 5.86. The van der Waals surface area contributed by atoms with Gasteiger partial charge in [-0.2, -0.15) is 12.6 Å². The van der Waals surface area contributed by atoms with Gasteiger partial charge in [0.05, 0.1) is 6.61 Å². The van der Waals surface area contributed by atoms with E-state index in [9.17, 15) is 0 Å². The minimum atomic E-state index is 0.204. The molecule has 18 heavy (non-hydrogen) atoms. The maximum Gasteiger partial charge on any atom is 0.122 e. The molecule has 0 fully saturated rings. The van der Waals surface area contributed by atoms with Crippen molar-refractivity contribution in [3.05, 3.63) is 29.3 Å². The summed E-state index contributed by atoms with van der Waals surface area (Å²) >= 11 is 4.21. The molecule has 0 spiro atoms. The maximum absolute atomic E-state index is 5.83. The summed E-state index contributed by atoms with van der Waals surface area (Å²) in [6.07, 6.45) is 3.48. The Hall–Kier alpha value is -0.630. The largest absolute Gasteiger partial charge is 0.493 e. The monoisotopic (exact) mass is 266 g/mol. The first-order chi connectivity index (χ1) is 8.45.